The summed E-state index contributed by atoms with van der Waals surface area (Å²) in [5.74, 6) is -0.958. The molecule has 5 nitrogen and oxygen atoms in total. The van der Waals surface area contributed by atoms with Gasteiger partial charge < -0.3 is 14.5 Å². The summed E-state index contributed by atoms with van der Waals surface area (Å²) < 4.78 is 11.5. The maximum Gasteiger partial charge on any atom is 0.375 e. The van der Waals surface area contributed by atoms with Crippen LogP contribution in [-0.4, -0.2) is 18.5 Å². The second-order valence-corrected chi connectivity index (χ2v) is 6.55. The summed E-state index contributed by atoms with van der Waals surface area (Å²) in [6, 6.07) is 12.9. The van der Waals surface area contributed by atoms with Crippen LogP contribution >= 0.6 is 15.9 Å². The van der Waals surface area contributed by atoms with E-state index in [0.717, 1.165) is 15.4 Å². The molecule has 2 aromatic carbocycles. The molecule has 0 aliphatic heterocycles. The normalized spacial score (nSPS) is 10.7. The summed E-state index contributed by atoms with van der Waals surface area (Å²) in [6.45, 7) is 3.28. The van der Waals surface area contributed by atoms with Crippen LogP contribution in [0.3, 0.4) is 0 Å². The van der Waals surface area contributed by atoms with Crippen LogP contribution in [-0.2, 0) is 9.53 Å². The Balaban J connectivity index is 1.67. The number of aryl methyl sites for hydroxylation is 2. The van der Waals surface area contributed by atoms with E-state index in [1.165, 1.54) is 0 Å². The number of benzene rings is 2. The topological polar surface area (TPSA) is 68.5 Å². The van der Waals surface area contributed by atoms with Crippen molar-refractivity contribution in [2.75, 3.05) is 11.9 Å². The van der Waals surface area contributed by atoms with Crippen LogP contribution in [0.25, 0.3) is 11.0 Å². The minimum absolute atomic E-state index is 0.108. The fraction of sp³-hybridized carbons (Fsp3) is 0.158. The summed E-state index contributed by atoms with van der Waals surface area (Å²) in [5.41, 5.74) is 2.90. The van der Waals surface area contributed by atoms with E-state index in [1.54, 1.807) is 19.1 Å². The van der Waals surface area contributed by atoms with Crippen molar-refractivity contribution in [1.82, 2.24) is 0 Å². The van der Waals surface area contributed by atoms with Crippen molar-refractivity contribution in [3.05, 3.63) is 63.8 Å². The average Bonchev–Trinajstić information content (AvgIpc) is 2.91. The van der Waals surface area contributed by atoms with Crippen LogP contribution in [0.5, 0.6) is 0 Å². The number of esters is 1. The lowest BCUT2D eigenvalue weighted by molar-refractivity contribution is -0.119. The van der Waals surface area contributed by atoms with E-state index in [4.69, 9.17) is 9.15 Å². The number of hydrogen-bond acceptors (Lipinski definition) is 4. The van der Waals surface area contributed by atoms with Gasteiger partial charge in [0.1, 0.15) is 5.58 Å². The Morgan fingerprint density at radius 2 is 1.92 bits per heavy atom. The lowest BCUT2D eigenvalue weighted by Gasteiger charge is -2.08. The van der Waals surface area contributed by atoms with Gasteiger partial charge in [0.25, 0.3) is 5.91 Å². The van der Waals surface area contributed by atoms with Gasteiger partial charge in [0.15, 0.2) is 6.61 Å². The Hall–Kier alpha value is -2.60. The van der Waals surface area contributed by atoms with E-state index in [0.29, 0.717) is 16.8 Å². The van der Waals surface area contributed by atoms with Crippen molar-refractivity contribution in [2.45, 2.75) is 13.8 Å². The predicted octanol–water partition coefficient (Wildman–Crippen LogP) is 4.61. The van der Waals surface area contributed by atoms with Crippen LogP contribution in [0.1, 0.15) is 21.7 Å². The zero-order chi connectivity index (χ0) is 18.0. The maximum atomic E-state index is 12.2. The molecule has 0 radical (unpaired) electrons. The highest BCUT2D eigenvalue weighted by molar-refractivity contribution is 9.10. The Kier molecular flexibility index (Phi) is 4.90. The van der Waals surface area contributed by atoms with Crippen molar-refractivity contribution in [3.63, 3.8) is 0 Å². The zero-order valence-electron chi connectivity index (χ0n) is 13.8. The second kappa shape index (κ2) is 7.11. The van der Waals surface area contributed by atoms with E-state index in [9.17, 15) is 9.59 Å². The third-order valence-corrected chi connectivity index (χ3v) is 4.33. The van der Waals surface area contributed by atoms with Gasteiger partial charge in [0, 0.05) is 21.1 Å². The third-order valence-electron chi connectivity index (χ3n) is 3.84. The molecule has 0 saturated carbocycles. The van der Waals surface area contributed by atoms with Crippen molar-refractivity contribution in [3.8, 4) is 0 Å². The summed E-state index contributed by atoms with van der Waals surface area (Å²) in [4.78, 5) is 24.2. The smallest absolute Gasteiger partial charge is 0.375 e. The highest BCUT2D eigenvalue weighted by atomic mass is 79.9. The summed E-state index contributed by atoms with van der Waals surface area (Å²) in [7, 11) is 0. The highest BCUT2D eigenvalue weighted by Crippen LogP contribution is 2.28. The van der Waals surface area contributed by atoms with Gasteiger partial charge in [-0.3, -0.25) is 4.79 Å². The number of para-hydroxylation sites is 1. The van der Waals surface area contributed by atoms with Crippen molar-refractivity contribution in [1.29, 1.82) is 0 Å². The van der Waals surface area contributed by atoms with E-state index in [-0.39, 0.29) is 12.4 Å². The fourth-order valence-electron chi connectivity index (χ4n) is 2.48. The highest BCUT2D eigenvalue weighted by Gasteiger charge is 2.20. The standard InChI is InChI=1S/C19H16BrNO4/c1-11-5-3-4-6-15(11)21-17(22)10-24-19(23)18-12(2)14-9-13(20)7-8-16(14)25-18/h3-9H,10H2,1-2H3,(H,21,22). The largest absolute Gasteiger partial charge is 0.450 e. The minimum Gasteiger partial charge on any atom is -0.450 e. The van der Waals surface area contributed by atoms with Gasteiger partial charge >= 0.3 is 5.97 Å². The molecule has 3 rings (SSSR count). The molecule has 25 heavy (non-hydrogen) atoms. The van der Waals surface area contributed by atoms with Crippen LogP contribution in [0.15, 0.2) is 51.4 Å². The van der Waals surface area contributed by atoms with Crippen molar-refractivity contribution in [2.24, 2.45) is 0 Å². The van der Waals surface area contributed by atoms with Gasteiger partial charge in [0.2, 0.25) is 5.76 Å². The molecule has 1 heterocycles. The SMILES string of the molecule is Cc1ccccc1NC(=O)COC(=O)c1oc2ccc(Br)cc2c1C. The molecule has 1 N–H and O–H groups in total. The molecular formula is C19H16BrNO4. The molecule has 0 unspecified atom stereocenters. The first kappa shape index (κ1) is 17.2. The molecule has 0 spiro atoms. The van der Waals surface area contributed by atoms with Crippen LogP contribution in [0.2, 0.25) is 0 Å². The number of rotatable bonds is 4. The molecule has 0 fully saturated rings. The number of nitrogens with one attached hydrogen (secondary N) is 1. The van der Waals surface area contributed by atoms with E-state index >= 15 is 0 Å². The molecule has 0 saturated heterocycles. The number of carbonyl (C=O) groups excluding carboxylic acids is 2. The predicted molar refractivity (Wildman–Crippen MR) is 98.7 cm³/mol. The molecule has 6 heteroatoms. The molecule has 0 aliphatic carbocycles. The van der Waals surface area contributed by atoms with Gasteiger partial charge in [-0.25, -0.2) is 4.79 Å². The first-order valence-electron chi connectivity index (χ1n) is 7.67. The Labute approximate surface area is 153 Å². The van der Waals surface area contributed by atoms with Gasteiger partial charge in [-0.15, -0.1) is 0 Å². The lowest BCUT2D eigenvalue weighted by atomic mass is 10.1. The minimum atomic E-state index is -0.662. The Bertz CT molecular complexity index is 961. The molecule has 128 valence electrons. The van der Waals surface area contributed by atoms with Crippen molar-refractivity contribution < 1.29 is 18.7 Å². The number of furan rings is 1. The first-order chi connectivity index (χ1) is 12.0. The quantitative estimate of drug-likeness (QED) is 0.648. The molecule has 3 aromatic rings. The van der Waals surface area contributed by atoms with E-state index in [1.807, 2.05) is 37.3 Å². The van der Waals surface area contributed by atoms with Crippen molar-refractivity contribution >= 4 is 44.5 Å². The van der Waals surface area contributed by atoms with Gasteiger partial charge in [-0.1, -0.05) is 34.1 Å². The average molecular weight is 402 g/mol. The molecule has 1 amide bonds. The Morgan fingerprint density at radius 3 is 2.68 bits per heavy atom. The van der Waals surface area contributed by atoms with Crippen LogP contribution < -0.4 is 5.32 Å². The fourth-order valence-corrected chi connectivity index (χ4v) is 2.84. The third kappa shape index (κ3) is 3.74. The maximum absolute atomic E-state index is 12.2. The van der Waals surface area contributed by atoms with E-state index in [2.05, 4.69) is 21.2 Å². The zero-order valence-corrected chi connectivity index (χ0v) is 15.3. The number of carbonyl (C=O) groups is 2. The molecular weight excluding hydrogens is 386 g/mol. The van der Waals surface area contributed by atoms with Gasteiger partial charge in [-0.05, 0) is 43.7 Å². The Morgan fingerprint density at radius 1 is 1.16 bits per heavy atom. The van der Waals surface area contributed by atoms with E-state index < -0.39 is 11.9 Å². The summed E-state index contributed by atoms with van der Waals surface area (Å²) in [6.07, 6.45) is 0. The van der Waals surface area contributed by atoms with Crippen LogP contribution in [0, 0.1) is 13.8 Å². The summed E-state index contributed by atoms with van der Waals surface area (Å²) in [5, 5.41) is 3.54. The number of anilines is 1. The lowest BCUT2D eigenvalue weighted by Crippen LogP contribution is -2.21. The number of ether oxygens (including phenoxy) is 1. The number of amides is 1. The number of halogens is 1. The van der Waals surface area contributed by atoms with Crippen LogP contribution in [0.4, 0.5) is 5.69 Å². The second-order valence-electron chi connectivity index (χ2n) is 5.64. The molecule has 1 aromatic heterocycles. The van der Waals surface area contributed by atoms with Gasteiger partial charge in [0.05, 0.1) is 0 Å². The molecule has 0 aliphatic rings. The molecule has 0 atom stereocenters. The van der Waals surface area contributed by atoms with Gasteiger partial charge in [-0.2, -0.15) is 0 Å². The molecule has 0 bridgehead atoms. The summed E-state index contributed by atoms with van der Waals surface area (Å²) >= 11 is 3.39. The monoisotopic (exact) mass is 401 g/mol. The number of fused-ring (bicyclic) bond motifs is 1. The number of hydrogen-bond donors (Lipinski definition) is 1. The first-order valence-corrected chi connectivity index (χ1v) is 8.46.